The van der Waals surface area contributed by atoms with Gasteiger partial charge in [-0.2, -0.15) is 0 Å². The van der Waals surface area contributed by atoms with Crippen LogP contribution in [0.4, 0.5) is 5.69 Å². The summed E-state index contributed by atoms with van der Waals surface area (Å²) in [5, 5.41) is 4.14. The van der Waals surface area contributed by atoms with Gasteiger partial charge < -0.3 is 11.1 Å². The van der Waals surface area contributed by atoms with Crippen molar-refractivity contribution < 1.29 is 0 Å². The molecule has 1 unspecified atom stereocenters. The minimum Gasteiger partial charge on any atom is -0.389 e. The maximum Gasteiger partial charge on any atom is 0.106 e. The lowest BCUT2D eigenvalue weighted by Gasteiger charge is -2.18. The summed E-state index contributed by atoms with van der Waals surface area (Å²) in [4.78, 5) is 0.403. The Kier molecular flexibility index (Phi) is 7.17. The van der Waals surface area contributed by atoms with E-state index in [4.69, 9.17) is 29.6 Å². The number of halogens is 1. The second-order valence-electron chi connectivity index (χ2n) is 4.85. The highest BCUT2D eigenvalue weighted by Gasteiger charge is 2.09. The lowest BCUT2D eigenvalue weighted by atomic mass is 9.99. The van der Waals surface area contributed by atoms with Gasteiger partial charge in [-0.15, -0.1) is 0 Å². The van der Waals surface area contributed by atoms with Crippen molar-refractivity contribution in [3.05, 3.63) is 28.8 Å². The zero-order valence-corrected chi connectivity index (χ0v) is 13.3. The van der Waals surface area contributed by atoms with Gasteiger partial charge >= 0.3 is 0 Å². The maximum absolute atomic E-state index is 6.03. The Morgan fingerprint density at radius 3 is 2.74 bits per heavy atom. The number of hydrogen-bond acceptors (Lipinski definition) is 2. The van der Waals surface area contributed by atoms with E-state index >= 15 is 0 Å². The van der Waals surface area contributed by atoms with Gasteiger partial charge in [0.05, 0.1) is 0 Å². The van der Waals surface area contributed by atoms with Gasteiger partial charge in [0, 0.05) is 22.8 Å². The van der Waals surface area contributed by atoms with E-state index in [2.05, 4.69) is 19.2 Å². The second-order valence-corrected chi connectivity index (χ2v) is 5.73. The van der Waals surface area contributed by atoms with Crippen LogP contribution in [-0.4, -0.2) is 11.5 Å². The summed E-state index contributed by atoms with van der Waals surface area (Å²) < 4.78 is 0. The molecule has 0 heterocycles. The Hall–Kier alpha value is -0.800. The van der Waals surface area contributed by atoms with Gasteiger partial charge in [-0.3, -0.25) is 0 Å². The van der Waals surface area contributed by atoms with Gasteiger partial charge in [0.15, 0.2) is 0 Å². The fraction of sp³-hybridized carbons (Fsp3) is 0.533. The van der Waals surface area contributed by atoms with Gasteiger partial charge in [0.1, 0.15) is 4.99 Å². The van der Waals surface area contributed by atoms with Crippen molar-refractivity contribution >= 4 is 34.5 Å². The molecular weight excluding hydrogens is 276 g/mol. The number of unbranched alkanes of at least 4 members (excludes halogenated alkanes) is 1. The number of benzene rings is 1. The van der Waals surface area contributed by atoms with Crippen LogP contribution < -0.4 is 11.1 Å². The number of rotatable bonds is 8. The standard InChI is InChI=1S/C15H23ClN2S/c1-3-5-6-11(4-2)10-18-14-9-12(16)7-8-13(14)15(17)19/h7-9,11,18H,3-6,10H2,1-2H3,(H2,17,19). The molecule has 0 radical (unpaired) electrons. The van der Waals surface area contributed by atoms with E-state index in [1.54, 1.807) is 0 Å². The maximum atomic E-state index is 6.03. The third-order valence-corrected chi connectivity index (χ3v) is 3.83. The Labute approximate surface area is 126 Å². The number of nitrogens with one attached hydrogen (secondary N) is 1. The molecule has 0 aromatic heterocycles. The van der Waals surface area contributed by atoms with Crippen LogP contribution in [0, 0.1) is 5.92 Å². The molecule has 0 spiro atoms. The molecular formula is C15H23ClN2S. The summed E-state index contributed by atoms with van der Waals surface area (Å²) in [5.41, 5.74) is 7.54. The van der Waals surface area contributed by atoms with Crippen molar-refractivity contribution in [2.45, 2.75) is 39.5 Å². The first-order valence-electron chi connectivity index (χ1n) is 6.91. The molecule has 2 nitrogen and oxygen atoms in total. The zero-order valence-electron chi connectivity index (χ0n) is 11.7. The first-order valence-corrected chi connectivity index (χ1v) is 7.70. The molecule has 3 N–H and O–H groups in total. The Bertz CT molecular complexity index is 421. The second kappa shape index (κ2) is 8.39. The van der Waals surface area contributed by atoms with E-state index in [1.165, 1.54) is 25.7 Å². The van der Waals surface area contributed by atoms with Crippen LogP contribution in [0.15, 0.2) is 18.2 Å². The molecule has 0 saturated carbocycles. The topological polar surface area (TPSA) is 38.0 Å². The van der Waals surface area contributed by atoms with E-state index in [0.717, 1.165) is 17.8 Å². The monoisotopic (exact) mass is 298 g/mol. The van der Waals surface area contributed by atoms with Crippen molar-refractivity contribution in [1.29, 1.82) is 0 Å². The molecule has 0 amide bonds. The predicted octanol–water partition coefficient (Wildman–Crippen LogP) is 4.60. The average molecular weight is 299 g/mol. The van der Waals surface area contributed by atoms with E-state index < -0.39 is 0 Å². The summed E-state index contributed by atoms with van der Waals surface area (Å²) in [6.07, 6.45) is 4.95. The quantitative estimate of drug-likeness (QED) is 0.689. The Morgan fingerprint density at radius 1 is 1.42 bits per heavy atom. The van der Waals surface area contributed by atoms with Gasteiger partial charge in [0.25, 0.3) is 0 Å². The molecule has 106 valence electrons. The van der Waals surface area contributed by atoms with Crippen LogP contribution in [0.25, 0.3) is 0 Å². The fourth-order valence-corrected chi connectivity index (χ4v) is 2.43. The lowest BCUT2D eigenvalue weighted by Crippen LogP contribution is -2.17. The average Bonchev–Trinajstić information content (AvgIpc) is 2.38. The molecule has 0 fully saturated rings. The Balaban J connectivity index is 2.70. The van der Waals surface area contributed by atoms with E-state index in [-0.39, 0.29) is 0 Å². The minimum absolute atomic E-state index is 0.403. The third kappa shape index (κ3) is 5.37. The molecule has 1 rings (SSSR count). The van der Waals surface area contributed by atoms with Crippen LogP contribution in [0.2, 0.25) is 5.02 Å². The minimum atomic E-state index is 0.403. The number of hydrogen-bond donors (Lipinski definition) is 2. The SMILES string of the molecule is CCCCC(CC)CNc1cc(Cl)ccc1C(N)=S. The fourth-order valence-electron chi connectivity index (χ4n) is 2.08. The van der Waals surface area contributed by atoms with Crippen LogP contribution in [0.3, 0.4) is 0 Å². The summed E-state index contributed by atoms with van der Waals surface area (Å²) in [6, 6.07) is 5.58. The molecule has 1 aromatic rings. The lowest BCUT2D eigenvalue weighted by molar-refractivity contribution is 0.473. The number of thiocarbonyl (C=S) groups is 1. The molecule has 4 heteroatoms. The number of anilines is 1. The van der Waals surface area contributed by atoms with Crippen molar-refractivity contribution in [2.75, 3.05) is 11.9 Å². The smallest absolute Gasteiger partial charge is 0.106 e. The van der Waals surface area contributed by atoms with E-state index in [1.807, 2.05) is 18.2 Å². The summed E-state index contributed by atoms with van der Waals surface area (Å²) in [7, 11) is 0. The van der Waals surface area contributed by atoms with Crippen LogP contribution >= 0.6 is 23.8 Å². The van der Waals surface area contributed by atoms with Crippen LogP contribution in [0.5, 0.6) is 0 Å². The first-order chi connectivity index (χ1) is 9.08. The molecule has 0 saturated heterocycles. The van der Waals surface area contributed by atoms with Gasteiger partial charge in [-0.25, -0.2) is 0 Å². The molecule has 19 heavy (non-hydrogen) atoms. The molecule has 1 atom stereocenters. The predicted molar refractivity (Wildman–Crippen MR) is 89.1 cm³/mol. The first kappa shape index (κ1) is 16.3. The molecule has 0 bridgehead atoms. The molecule has 1 aromatic carbocycles. The Morgan fingerprint density at radius 2 is 2.16 bits per heavy atom. The summed E-state index contributed by atoms with van der Waals surface area (Å²) in [5.74, 6) is 0.679. The summed E-state index contributed by atoms with van der Waals surface area (Å²) in [6.45, 7) is 5.39. The zero-order chi connectivity index (χ0) is 14.3. The van der Waals surface area contributed by atoms with Gasteiger partial charge in [-0.1, -0.05) is 56.9 Å². The van der Waals surface area contributed by atoms with Crippen molar-refractivity contribution in [2.24, 2.45) is 11.7 Å². The number of nitrogens with two attached hydrogens (primary N) is 1. The van der Waals surface area contributed by atoms with Crippen molar-refractivity contribution in [3.8, 4) is 0 Å². The third-order valence-electron chi connectivity index (χ3n) is 3.37. The van der Waals surface area contributed by atoms with Crippen LogP contribution in [-0.2, 0) is 0 Å². The van der Waals surface area contributed by atoms with Crippen molar-refractivity contribution in [3.63, 3.8) is 0 Å². The van der Waals surface area contributed by atoms with Gasteiger partial charge in [0.2, 0.25) is 0 Å². The highest BCUT2D eigenvalue weighted by Crippen LogP contribution is 2.22. The molecule has 0 aliphatic heterocycles. The van der Waals surface area contributed by atoms with Crippen LogP contribution in [0.1, 0.15) is 45.1 Å². The van der Waals surface area contributed by atoms with E-state index in [9.17, 15) is 0 Å². The van der Waals surface area contributed by atoms with E-state index in [0.29, 0.717) is 15.9 Å². The molecule has 0 aliphatic rings. The summed E-state index contributed by atoms with van der Waals surface area (Å²) >= 11 is 11.1. The highest BCUT2D eigenvalue weighted by molar-refractivity contribution is 7.80. The van der Waals surface area contributed by atoms with Gasteiger partial charge in [-0.05, 0) is 30.5 Å². The molecule has 0 aliphatic carbocycles. The largest absolute Gasteiger partial charge is 0.389 e. The highest BCUT2D eigenvalue weighted by atomic mass is 35.5. The van der Waals surface area contributed by atoms with Crippen molar-refractivity contribution in [1.82, 2.24) is 0 Å². The normalized spacial score (nSPS) is 12.2.